The second-order valence-corrected chi connectivity index (χ2v) is 4.02. The van der Waals surface area contributed by atoms with Crippen molar-refractivity contribution in [3.63, 3.8) is 0 Å². The average molecular weight is 250 g/mol. The van der Waals surface area contributed by atoms with Gasteiger partial charge in [0.2, 0.25) is 0 Å². The van der Waals surface area contributed by atoms with Crippen LogP contribution in [0.4, 0.5) is 0 Å². The maximum atomic E-state index is 11.9. The Bertz CT molecular complexity index is 429. The summed E-state index contributed by atoms with van der Waals surface area (Å²) in [6.07, 6.45) is 4.15. The fourth-order valence-corrected chi connectivity index (χ4v) is 1.93. The lowest BCUT2D eigenvalue weighted by Crippen LogP contribution is -2.27. The summed E-state index contributed by atoms with van der Waals surface area (Å²) in [5, 5.41) is 0. The van der Waals surface area contributed by atoms with Gasteiger partial charge in [0.1, 0.15) is 5.76 Å². The van der Waals surface area contributed by atoms with Gasteiger partial charge in [0.15, 0.2) is 5.78 Å². The monoisotopic (exact) mass is 250 g/mol. The van der Waals surface area contributed by atoms with Crippen LogP contribution in [0.3, 0.4) is 0 Å². The van der Waals surface area contributed by atoms with E-state index in [1.54, 1.807) is 12.2 Å². The van der Waals surface area contributed by atoms with Crippen LogP contribution >= 0.6 is 0 Å². The lowest BCUT2D eigenvalue weighted by atomic mass is 9.80. The van der Waals surface area contributed by atoms with Gasteiger partial charge in [0.05, 0.1) is 20.1 Å². The molecular weight excluding hydrogens is 232 g/mol. The van der Waals surface area contributed by atoms with Crippen LogP contribution in [0.15, 0.2) is 35.6 Å². The van der Waals surface area contributed by atoms with Crippen LogP contribution in [-0.2, 0) is 19.1 Å². The molecule has 0 bridgehead atoms. The molecule has 98 valence electrons. The van der Waals surface area contributed by atoms with E-state index in [0.29, 0.717) is 29.7 Å². The standard InChI is InChI=1S/C14H18O4/c1-5-10(17-3)8-12-9(2)11(14(16)18-4)6-7-13(12)15/h5,8,11H,2,6-7H2,1,3-4H3/b10-5+,12-8+. The minimum Gasteiger partial charge on any atom is -0.497 e. The molecule has 0 spiro atoms. The van der Waals surface area contributed by atoms with E-state index in [-0.39, 0.29) is 11.8 Å². The SMILES string of the molecule is C=C1/C(=C\C(=C/C)OC)C(=O)CCC1C(=O)OC. The second kappa shape index (κ2) is 6.19. The molecule has 0 amide bonds. The van der Waals surface area contributed by atoms with E-state index in [1.807, 2.05) is 6.92 Å². The smallest absolute Gasteiger partial charge is 0.313 e. The van der Waals surface area contributed by atoms with Crippen molar-refractivity contribution in [1.82, 2.24) is 0 Å². The molecule has 0 N–H and O–H groups in total. The summed E-state index contributed by atoms with van der Waals surface area (Å²) in [5.41, 5.74) is 0.959. The first-order valence-electron chi connectivity index (χ1n) is 5.77. The number of rotatable bonds is 3. The van der Waals surface area contributed by atoms with Crippen LogP contribution in [0.1, 0.15) is 19.8 Å². The van der Waals surface area contributed by atoms with Crippen molar-refractivity contribution >= 4 is 11.8 Å². The summed E-state index contributed by atoms with van der Waals surface area (Å²) < 4.78 is 9.81. The summed E-state index contributed by atoms with van der Waals surface area (Å²) in [6.45, 7) is 5.65. The molecule has 0 saturated heterocycles. The Morgan fingerprint density at radius 1 is 1.39 bits per heavy atom. The summed E-state index contributed by atoms with van der Waals surface area (Å²) in [5.74, 6) is -0.228. The number of ketones is 1. The maximum Gasteiger partial charge on any atom is 0.313 e. The second-order valence-electron chi connectivity index (χ2n) is 4.02. The topological polar surface area (TPSA) is 52.6 Å². The summed E-state index contributed by atoms with van der Waals surface area (Å²) in [4.78, 5) is 23.5. The Hall–Kier alpha value is -1.84. The Morgan fingerprint density at radius 3 is 2.56 bits per heavy atom. The molecule has 1 saturated carbocycles. The molecule has 0 aromatic rings. The van der Waals surface area contributed by atoms with Crippen molar-refractivity contribution in [1.29, 1.82) is 0 Å². The number of esters is 1. The molecule has 0 aromatic carbocycles. The number of Topliss-reactive ketones (excluding diaryl/α,β-unsaturated/α-hetero) is 1. The van der Waals surface area contributed by atoms with Gasteiger partial charge in [-0.15, -0.1) is 0 Å². The van der Waals surface area contributed by atoms with Gasteiger partial charge in [-0.25, -0.2) is 0 Å². The zero-order valence-corrected chi connectivity index (χ0v) is 11.0. The molecule has 1 aliphatic rings. The van der Waals surface area contributed by atoms with Gasteiger partial charge in [-0.05, 0) is 31.1 Å². The maximum absolute atomic E-state index is 11.9. The third kappa shape index (κ3) is 2.88. The summed E-state index contributed by atoms with van der Waals surface area (Å²) >= 11 is 0. The third-order valence-electron chi connectivity index (χ3n) is 3.02. The van der Waals surface area contributed by atoms with Crippen LogP contribution in [0.25, 0.3) is 0 Å². The summed E-state index contributed by atoms with van der Waals surface area (Å²) in [6, 6.07) is 0. The van der Waals surface area contributed by atoms with Gasteiger partial charge in [0.25, 0.3) is 0 Å². The number of hydrogen-bond donors (Lipinski definition) is 0. The van der Waals surface area contributed by atoms with E-state index in [2.05, 4.69) is 6.58 Å². The minimum atomic E-state index is -0.436. The molecule has 1 unspecified atom stereocenters. The van der Waals surface area contributed by atoms with E-state index in [9.17, 15) is 9.59 Å². The molecule has 0 aromatic heterocycles. The van der Waals surface area contributed by atoms with Crippen molar-refractivity contribution in [3.8, 4) is 0 Å². The Kier molecular flexibility index (Phi) is 4.89. The highest BCUT2D eigenvalue weighted by Gasteiger charge is 2.32. The highest BCUT2D eigenvalue weighted by atomic mass is 16.5. The van der Waals surface area contributed by atoms with Crippen molar-refractivity contribution in [2.45, 2.75) is 19.8 Å². The molecule has 18 heavy (non-hydrogen) atoms. The molecule has 1 atom stereocenters. The van der Waals surface area contributed by atoms with E-state index in [0.717, 1.165) is 0 Å². The van der Waals surface area contributed by atoms with E-state index in [1.165, 1.54) is 14.2 Å². The zero-order chi connectivity index (χ0) is 13.7. The molecule has 1 rings (SSSR count). The zero-order valence-electron chi connectivity index (χ0n) is 11.0. The van der Waals surface area contributed by atoms with Gasteiger partial charge in [-0.2, -0.15) is 0 Å². The first kappa shape index (κ1) is 14.2. The number of allylic oxidation sites excluding steroid dienone is 3. The van der Waals surface area contributed by atoms with Gasteiger partial charge < -0.3 is 9.47 Å². The van der Waals surface area contributed by atoms with Crippen molar-refractivity contribution in [2.75, 3.05) is 14.2 Å². The molecule has 0 heterocycles. The Labute approximate surface area is 107 Å². The highest BCUT2D eigenvalue weighted by molar-refractivity contribution is 6.03. The van der Waals surface area contributed by atoms with Crippen LogP contribution in [0.2, 0.25) is 0 Å². The largest absolute Gasteiger partial charge is 0.497 e. The van der Waals surface area contributed by atoms with Crippen molar-refractivity contribution < 1.29 is 19.1 Å². The predicted molar refractivity (Wildman–Crippen MR) is 67.7 cm³/mol. The summed E-state index contributed by atoms with van der Waals surface area (Å²) in [7, 11) is 2.86. The number of carbonyl (C=O) groups is 2. The molecule has 0 radical (unpaired) electrons. The lowest BCUT2D eigenvalue weighted by Gasteiger charge is -2.24. The fraction of sp³-hybridized carbons (Fsp3) is 0.429. The third-order valence-corrected chi connectivity index (χ3v) is 3.02. The van der Waals surface area contributed by atoms with Crippen LogP contribution in [-0.4, -0.2) is 26.0 Å². The quantitative estimate of drug-likeness (QED) is 0.437. The molecular formula is C14H18O4. The molecule has 1 aliphatic carbocycles. The first-order chi connectivity index (χ1) is 8.54. The number of methoxy groups -OCH3 is 2. The van der Waals surface area contributed by atoms with Crippen molar-refractivity contribution in [2.24, 2.45) is 5.92 Å². The van der Waals surface area contributed by atoms with Crippen molar-refractivity contribution in [3.05, 3.63) is 35.6 Å². The van der Waals surface area contributed by atoms with E-state index < -0.39 is 5.92 Å². The number of hydrogen-bond acceptors (Lipinski definition) is 4. The number of carbonyl (C=O) groups excluding carboxylic acids is 2. The van der Waals surface area contributed by atoms with Crippen LogP contribution < -0.4 is 0 Å². The average Bonchev–Trinajstić information content (AvgIpc) is 2.38. The Balaban J connectivity index is 3.05. The highest BCUT2D eigenvalue weighted by Crippen LogP contribution is 2.32. The van der Waals surface area contributed by atoms with Gasteiger partial charge in [-0.3, -0.25) is 9.59 Å². The van der Waals surface area contributed by atoms with Crippen LogP contribution in [0, 0.1) is 5.92 Å². The Morgan fingerprint density at radius 2 is 2.06 bits per heavy atom. The molecule has 1 fully saturated rings. The molecule has 0 aliphatic heterocycles. The van der Waals surface area contributed by atoms with Gasteiger partial charge in [-0.1, -0.05) is 6.58 Å². The predicted octanol–water partition coefficient (Wildman–Crippen LogP) is 2.17. The molecule has 4 nitrogen and oxygen atoms in total. The molecule has 4 heteroatoms. The lowest BCUT2D eigenvalue weighted by molar-refractivity contribution is -0.144. The number of ether oxygens (including phenoxy) is 2. The van der Waals surface area contributed by atoms with E-state index in [4.69, 9.17) is 9.47 Å². The first-order valence-corrected chi connectivity index (χ1v) is 5.77. The normalized spacial score (nSPS) is 23.2. The van der Waals surface area contributed by atoms with Gasteiger partial charge in [0, 0.05) is 12.0 Å². The van der Waals surface area contributed by atoms with Gasteiger partial charge >= 0.3 is 5.97 Å². The van der Waals surface area contributed by atoms with Crippen LogP contribution in [0.5, 0.6) is 0 Å². The minimum absolute atomic E-state index is 0.0171. The fourth-order valence-electron chi connectivity index (χ4n) is 1.93. The van der Waals surface area contributed by atoms with E-state index >= 15 is 0 Å².